The molecule has 9 heteroatoms. The lowest BCUT2D eigenvalue weighted by molar-refractivity contribution is -0.121. The Bertz CT molecular complexity index is 1300. The van der Waals surface area contributed by atoms with Gasteiger partial charge in [-0.05, 0) is 36.6 Å². The summed E-state index contributed by atoms with van der Waals surface area (Å²) in [6, 6.07) is 14.1. The Kier molecular flexibility index (Phi) is 7.54. The number of unbranched alkanes of at least 4 members (excludes halogenated alkanes) is 2. The zero-order chi connectivity index (χ0) is 24.8. The van der Waals surface area contributed by atoms with Crippen molar-refractivity contribution in [3.8, 4) is 0 Å². The highest BCUT2D eigenvalue weighted by molar-refractivity contribution is 6.05. The predicted octanol–water partition coefficient (Wildman–Crippen LogP) is 2.72. The molecule has 182 valence electrons. The Labute approximate surface area is 203 Å². The molecule has 2 aromatic carbocycles. The first-order chi connectivity index (χ1) is 17.0. The zero-order valence-electron chi connectivity index (χ0n) is 19.8. The van der Waals surface area contributed by atoms with Gasteiger partial charge in [-0.2, -0.15) is 5.10 Å². The van der Waals surface area contributed by atoms with Crippen LogP contribution in [0.5, 0.6) is 0 Å². The van der Waals surface area contributed by atoms with Gasteiger partial charge in [-0.1, -0.05) is 50.1 Å². The van der Waals surface area contributed by atoms with E-state index in [2.05, 4.69) is 22.9 Å². The maximum atomic E-state index is 12.9. The highest BCUT2D eigenvalue weighted by Crippen LogP contribution is 2.21. The maximum absolute atomic E-state index is 12.9. The number of anilines is 1. The van der Waals surface area contributed by atoms with E-state index in [-0.39, 0.29) is 23.6 Å². The molecule has 4 rings (SSSR count). The second kappa shape index (κ2) is 10.9. The van der Waals surface area contributed by atoms with Gasteiger partial charge in [-0.25, -0.2) is 4.68 Å². The van der Waals surface area contributed by atoms with Crippen molar-refractivity contribution in [2.75, 3.05) is 11.4 Å². The fraction of sp³-hybridized carbons (Fsp3) is 0.346. The molecule has 0 atom stereocenters. The first-order valence-corrected chi connectivity index (χ1v) is 12.0. The van der Waals surface area contributed by atoms with Crippen molar-refractivity contribution in [3.63, 3.8) is 0 Å². The molecular weight excluding hydrogens is 446 g/mol. The lowest BCUT2D eigenvalue weighted by Crippen LogP contribution is -2.43. The lowest BCUT2D eigenvalue weighted by Gasteiger charge is -2.16. The number of hydrogen-bond donors (Lipinski definition) is 2. The number of rotatable bonds is 8. The van der Waals surface area contributed by atoms with Crippen LogP contribution in [-0.2, 0) is 22.6 Å². The SMILES string of the molecule is CCCCCn1nc(C(=O)NNC(=O)Cc2ccc(N3CCCC3=O)cc2)c2ccccc2c1=O. The van der Waals surface area contributed by atoms with Crippen molar-refractivity contribution in [1.82, 2.24) is 20.6 Å². The number of amides is 3. The normalized spacial score (nSPS) is 13.3. The van der Waals surface area contributed by atoms with Crippen LogP contribution in [0.25, 0.3) is 10.8 Å². The summed E-state index contributed by atoms with van der Waals surface area (Å²) in [5.74, 6) is -0.887. The third-order valence-corrected chi connectivity index (χ3v) is 6.06. The van der Waals surface area contributed by atoms with E-state index in [1.807, 2.05) is 12.1 Å². The molecule has 1 saturated heterocycles. The number of hydrogen-bond acceptors (Lipinski definition) is 5. The van der Waals surface area contributed by atoms with Crippen LogP contribution in [0.2, 0.25) is 0 Å². The summed E-state index contributed by atoms with van der Waals surface area (Å²) in [5, 5.41) is 5.14. The van der Waals surface area contributed by atoms with Gasteiger partial charge < -0.3 is 4.90 Å². The predicted molar refractivity (Wildman–Crippen MR) is 133 cm³/mol. The topological polar surface area (TPSA) is 113 Å². The summed E-state index contributed by atoms with van der Waals surface area (Å²) in [5.41, 5.74) is 6.25. The molecule has 0 saturated carbocycles. The summed E-state index contributed by atoms with van der Waals surface area (Å²) < 4.78 is 1.32. The lowest BCUT2D eigenvalue weighted by atomic mass is 10.1. The van der Waals surface area contributed by atoms with E-state index in [1.54, 1.807) is 41.3 Å². The van der Waals surface area contributed by atoms with Crippen LogP contribution in [-0.4, -0.2) is 34.0 Å². The van der Waals surface area contributed by atoms with Crippen LogP contribution < -0.4 is 21.3 Å². The molecule has 0 bridgehead atoms. The second-order valence-electron chi connectivity index (χ2n) is 8.62. The van der Waals surface area contributed by atoms with Gasteiger partial charge in [0, 0.05) is 30.6 Å². The second-order valence-corrected chi connectivity index (χ2v) is 8.62. The van der Waals surface area contributed by atoms with Crippen molar-refractivity contribution in [1.29, 1.82) is 0 Å². The van der Waals surface area contributed by atoms with Gasteiger partial charge in [0.15, 0.2) is 5.69 Å². The molecule has 0 aliphatic carbocycles. The average Bonchev–Trinajstić information content (AvgIpc) is 3.30. The van der Waals surface area contributed by atoms with Crippen LogP contribution in [0.1, 0.15) is 55.1 Å². The van der Waals surface area contributed by atoms with Gasteiger partial charge in [0.2, 0.25) is 11.8 Å². The number of fused-ring (bicyclic) bond motifs is 1. The van der Waals surface area contributed by atoms with Crippen molar-refractivity contribution in [3.05, 3.63) is 70.1 Å². The van der Waals surface area contributed by atoms with E-state index in [0.29, 0.717) is 30.3 Å². The summed E-state index contributed by atoms with van der Waals surface area (Å²) in [7, 11) is 0. The molecule has 3 amide bonds. The summed E-state index contributed by atoms with van der Waals surface area (Å²) in [6.45, 7) is 3.20. The van der Waals surface area contributed by atoms with Crippen LogP contribution in [0, 0.1) is 0 Å². The highest BCUT2D eigenvalue weighted by Gasteiger charge is 2.21. The van der Waals surface area contributed by atoms with Crippen molar-refractivity contribution in [2.45, 2.75) is 52.0 Å². The standard InChI is InChI=1S/C26H29N5O4/c1-2-3-6-16-31-26(35)21-9-5-4-8-20(21)24(29-31)25(34)28-27-22(32)17-18-11-13-19(14-12-18)30-15-7-10-23(30)33/h4-5,8-9,11-14H,2-3,6-7,10,15-17H2,1H3,(H,27,32)(H,28,34). The van der Waals surface area contributed by atoms with E-state index in [1.165, 1.54) is 4.68 Å². The summed E-state index contributed by atoms with van der Waals surface area (Å²) >= 11 is 0. The Hall–Kier alpha value is -4.01. The maximum Gasteiger partial charge on any atom is 0.290 e. The van der Waals surface area contributed by atoms with Gasteiger partial charge in [0.1, 0.15) is 0 Å². The Morgan fingerprint density at radius 1 is 0.971 bits per heavy atom. The Morgan fingerprint density at radius 3 is 2.40 bits per heavy atom. The zero-order valence-corrected chi connectivity index (χ0v) is 19.8. The molecule has 9 nitrogen and oxygen atoms in total. The molecule has 1 aliphatic rings. The van der Waals surface area contributed by atoms with E-state index in [4.69, 9.17) is 0 Å². The number of aromatic nitrogens is 2. The molecule has 1 aromatic heterocycles. The average molecular weight is 476 g/mol. The quantitative estimate of drug-likeness (QED) is 0.384. The van der Waals surface area contributed by atoms with Crippen molar-refractivity contribution < 1.29 is 14.4 Å². The Balaban J connectivity index is 1.42. The third kappa shape index (κ3) is 5.56. The third-order valence-electron chi connectivity index (χ3n) is 6.06. The number of aryl methyl sites for hydroxylation is 1. The first-order valence-electron chi connectivity index (χ1n) is 12.0. The molecule has 0 radical (unpaired) electrons. The fourth-order valence-corrected chi connectivity index (χ4v) is 4.20. The minimum Gasteiger partial charge on any atom is -0.312 e. The molecule has 0 spiro atoms. The van der Waals surface area contributed by atoms with Crippen molar-refractivity contribution in [2.24, 2.45) is 0 Å². The molecule has 1 fully saturated rings. The fourth-order valence-electron chi connectivity index (χ4n) is 4.20. The highest BCUT2D eigenvalue weighted by atomic mass is 16.2. The largest absolute Gasteiger partial charge is 0.312 e. The number of hydrazine groups is 1. The van der Waals surface area contributed by atoms with E-state index < -0.39 is 11.8 Å². The molecule has 3 aromatic rings. The monoisotopic (exact) mass is 475 g/mol. The van der Waals surface area contributed by atoms with E-state index in [9.17, 15) is 19.2 Å². The van der Waals surface area contributed by atoms with Gasteiger partial charge in [0.05, 0.1) is 11.8 Å². The molecular formula is C26H29N5O4. The molecule has 1 aliphatic heterocycles. The minimum atomic E-state index is -0.596. The minimum absolute atomic E-state index is 0.0548. The van der Waals surface area contributed by atoms with Crippen molar-refractivity contribution >= 4 is 34.2 Å². The number of nitrogens with one attached hydrogen (secondary N) is 2. The van der Waals surface area contributed by atoms with Gasteiger partial charge >= 0.3 is 0 Å². The number of benzene rings is 2. The summed E-state index contributed by atoms with van der Waals surface area (Å²) in [4.78, 5) is 51.7. The van der Waals surface area contributed by atoms with Crippen LogP contribution in [0.4, 0.5) is 5.69 Å². The molecule has 35 heavy (non-hydrogen) atoms. The van der Waals surface area contributed by atoms with Crippen LogP contribution in [0.15, 0.2) is 53.3 Å². The van der Waals surface area contributed by atoms with Crippen LogP contribution in [0.3, 0.4) is 0 Å². The molecule has 2 N–H and O–H groups in total. The molecule has 2 heterocycles. The first kappa shape index (κ1) is 24.1. The van der Waals surface area contributed by atoms with Gasteiger partial charge in [-0.15, -0.1) is 0 Å². The van der Waals surface area contributed by atoms with Crippen LogP contribution >= 0.6 is 0 Å². The number of nitrogens with zero attached hydrogens (tertiary/aromatic N) is 3. The number of carbonyl (C=O) groups is 3. The number of carbonyl (C=O) groups excluding carboxylic acids is 3. The smallest absolute Gasteiger partial charge is 0.290 e. The summed E-state index contributed by atoms with van der Waals surface area (Å²) in [6.07, 6.45) is 4.20. The van der Waals surface area contributed by atoms with E-state index in [0.717, 1.165) is 36.9 Å². The van der Waals surface area contributed by atoms with Gasteiger partial charge in [-0.3, -0.25) is 30.0 Å². The molecule has 0 unspecified atom stereocenters. The van der Waals surface area contributed by atoms with E-state index >= 15 is 0 Å². The Morgan fingerprint density at radius 2 is 1.71 bits per heavy atom. The van der Waals surface area contributed by atoms with Gasteiger partial charge in [0.25, 0.3) is 11.5 Å².